The molecule has 1 aliphatic rings. The summed E-state index contributed by atoms with van der Waals surface area (Å²) >= 11 is 0. The summed E-state index contributed by atoms with van der Waals surface area (Å²) in [5.41, 5.74) is 0. The highest BCUT2D eigenvalue weighted by Crippen LogP contribution is 2.18. The molecule has 0 aromatic carbocycles. The molecule has 1 saturated heterocycles. The van der Waals surface area contributed by atoms with Crippen LogP contribution < -0.4 is 0 Å². The molecule has 10 heavy (non-hydrogen) atoms. The van der Waals surface area contributed by atoms with Crippen LogP contribution in [0, 0.1) is 5.92 Å². The zero-order chi connectivity index (χ0) is 7.40. The number of nitrogens with zero attached hydrogens (tertiary/aromatic N) is 2. The van der Waals surface area contributed by atoms with E-state index in [4.69, 9.17) is 0 Å². The van der Waals surface area contributed by atoms with Crippen LogP contribution in [0.5, 0.6) is 0 Å². The maximum Gasteiger partial charge on any atom is 0.258 e. The van der Waals surface area contributed by atoms with E-state index in [1.165, 1.54) is 12.8 Å². The second-order valence-corrected chi connectivity index (χ2v) is 2.67. The Kier molecular flexibility index (Phi) is 2.46. The molecule has 56 valence electrons. The molecule has 1 fully saturated rings. The van der Waals surface area contributed by atoms with Gasteiger partial charge in [-0.1, -0.05) is 18.4 Å². The van der Waals surface area contributed by atoms with Gasteiger partial charge in [-0.25, -0.2) is 4.79 Å². The van der Waals surface area contributed by atoms with Gasteiger partial charge in [-0.15, -0.1) is 0 Å². The lowest BCUT2D eigenvalue weighted by Crippen LogP contribution is -2.12. The second-order valence-electron chi connectivity index (χ2n) is 2.67. The first-order chi connectivity index (χ1) is 4.86. The van der Waals surface area contributed by atoms with Gasteiger partial charge in [0.05, 0.1) is 0 Å². The fourth-order valence-electron chi connectivity index (χ4n) is 1.29. The van der Waals surface area contributed by atoms with Crippen molar-refractivity contribution in [3.8, 4) is 0 Å². The first kappa shape index (κ1) is 7.29. The lowest BCUT2D eigenvalue weighted by Gasteiger charge is -2.06. The van der Waals surface area contributed by atoms with Crippen LogP contribution in [0.15, 0.2) is 5.10 Å². The van der Waals surface area contributed by atoms with Crippen molar-refractivity contribution in [2.24, 2.45) is 11.0 Å². The molecular formula is C7H12N2O. The van der Waals surface area contributed by atoms with Crippen molar-refractivity contribution < 1.29 is 4.79 Å². The molecule has 1 atom stereocenters. The Hall–Kier alpha value is -0.820. The Morgan fingerprint density at radius 1 is 1.80 bits per heavy atom. The number of hydrazone groups is 1. The van der Waals surface area contributed by atoms with Gasteiger partial charge in [0.1, 0.15) is 0 Å². The summed E-state index contributed by atoms with van der Waals surface area (Å²) in [5, 5.41) is 5.34. The monoisotopic (exact) mass is 140 g/mol. The molecule has 1 heterocycles. The molecule has 3 nitrogen and oxygen atoms in total. The molecule has 0 radical (unpaired) electrons. The minimum absolute atomic E-state index is 0.733. The molecule has 0 aromatic heterocycles. The third kappa shape index (κ3) is 1.58. The van der Waals surface area contributed by atoms with Crippen molar-refractivity contribution in [3.05, 3.63) is 0 Å². The number of rotatable bonds is 2. The van der Waals surface area contributed by atoms with E-state index >= 15 is 0 Å². The topological polar surface area (TPSA) is 32.7 Å². The van der Waals surface area contributed by atoms with Crippen LogP contribution in [0.4, 0.5) is 0 Å². The smallest absolute Gasteiger partial charge is 0.258 e. The summed E-state index contributed by atoms with van der Waals surface area (Å²) < 4.78 is 0. The van der Waals surface area contributed by atoms with E-state index in [2.05, 4.69) is 12.0 Å². The van der Waals surface area contributed by atoms with Gasteiger partial charge in [0, 0.05) is 13.1 Å². The predicted molar refractivity (Wildman–Crippen MR) is 38.1 cm³/mol. The third-order valence-electron chi connectivity index (χ3n) is 2.02. The van der Waals surface area contributed by atoms with E-state index in [-0.39, 0.29) is 0 Å². The molecule has 0 spiro atoms. The van der Waals surface area contributed by atoms with Gasteiger partial charge in [0.2, 0.25) is 0 Å². The summed E-state index contributed by atoms with van der Waals surface area (Å²) in [6, 6.07) is 0. The molecule has 1 rings (SSSR count). The first-order valence-electron chi connectivity index (χ1n) is 3.69. The summed E-state index contributed by atoms with van der Waals surface area (Å²) in [7, 11) is 0. The lowest BCUT2D eigenvalue weighted by atomic mass is 10.1. The quantitative estimate of drug-likeness (QED) is 0.423. The Morgan fingerprint density at radius 3 is 3.10 bits per heavy atom. The van der Waals surface area contributed by atoms with E-state index in [0.717, 1.165) is 19.0 Å². The average molecular weight is 140 g/mol. The number of isocyanates is 1. The van der Waals surface area contributed by atoms with E-state index in [1.807, 2.05) is 0 Å². The maximum absolute atomic E-state index is 9.82. The van der Waals surface area contributed by atoms with Crippen LogP contribution in [-0.4, -0.2) is 24.2 Å². The van der Waals surface area contributed by atoms with Crippen molar-refractivity contribution in [1.29, 1.82) is 0 Å². The van der Waals surface area contributed by atoms with Gasteiger partial charge in [0.25, 0.3) is 6.08 Å². The molecule has 1 aliphatic heterocycles. The third-order valence-corrected chi connectivity index (χ3v) is 2.02. The molecule has 3 heteroatoms. The van der Waals surface area contributed by atoms with Gasteiger partial charge in [-0.2, -0.15) is 0 Å². The molecule has 0 aromatic rings. The van der Waals surface area contributed by atoms with Crippen LogP contribution in [0.25, 0.3) is 0 Å². The van der Waals surface area contributed by atoms with E-state index in [9.17, 15) is 4.79 Å². The highest BCUT2D eigenvalue weighted by molar-refractivity contribution is 5.32. The SMILES string of the molecule is CCC1CCN(N=C=O)C1. The average Bonchev–Trinajstić information content (AvgIpc) is 2.37. The standard InChI is InChI=1S/C7H12N2O/c1-2-7-3-4-9(5-7)8-6-10/h7H,2-5H2,1H3. The molecular weight excluding hydrogens is 128 g/mol. The summed E-state index contributed by atoms with van der Waals surface area (Å²) in [4.78, 5) is 9.82. The molecule has 0 amide bonds. The van der Waals surface area contributed by atoms with Crippen LogP contribution in [0.2, 0.25) is 0 Å². The minimum Gasteiger partial charge on any atom is -0.286 e. The van der Waals surface area contributed by atoms with E-state index < -0.39 is 0 Å². The lowest BCUT2D eigenvalue weighted by molar-refractivity contribution is 0.338. The number of hydrogen-bond donors (Lipinski definition) is 0. The van der Waals surface area contributed by atoms with Gasteiger partial charge in [0.15, 0.2) is 0 Å². The van der Waals surface area contributed by atoms with Crippen molar-refractivity contribution in [2.75, 3.05) is 13.1 Å². The minimum atomic E-state index is 0.733. The molecule has 0 aliphatic carbocycles. The zero-order valence-electron chi connectivity index (χ0n) is 6.21. The number of carbonyl (C=O) groups excluding carboxylic acids is 1. The van der Waals surface area contributed by atoms with Crippen molar-refractivity contribution in [1.82, 2.24) is 5.01 Å². The molecule has 0 bridgehead atoms. The van der Waals surface area contributed by atoms with E-state index in [1.54, 1.807) is 11.1 Å². The van der Waals surface area contributed by atoms with Crippen LogP contribution in [0.1, 0.15) is 19.8 Å². The molecule has 1 unspecified atom stereocenters. The summed E-state index contributed by atoms with van der Waals surface area (Å²) in [6.07, 6.45) is 3.91. The fraction of sp³-hybridized carbons (Fsp3) is 0.857. The van der Waals surface area contributed by atoms with Crippen LogP contribution >= 0.6 is 0 Å². The highest BCUT2D eigenvalue weighted by Gasteiger charge is 2.18. The zero-order valence-corrected chi connectivity index (χ0v) is 6.21. The Bertz CT molecular complexity index is 152. The van der Waals surface area contributed by atoms with Gasteiger partial charge < -0.3 is 0 Å². The summed E-state index contributed by atoms with van der Waals surface area (Å²) in [6.45, 7) is 4.03. The Morgan fingerprint density at radius 2 is 2.60 bits per heavy atom. The predicted octanol–water partition coefficient (Wildman–Crippen LogP) is 0.969. The van der Waals surface area contributed by atoms with Crippen molar-refractivity contribution in [3.63, 3.8) is 0 Å². The molecule has 0 N–H and O–H groups in total. The fourth-order valence-corrected chi connectivity index (χ4v) is 1.29. The van der Waals surface area contributed by atoms with Gasteiger partial charge >= 0.3 is 0 Å². The second kappa shape index (κ2) is 3.37. The Balaban J connectivity index is 2.35. The number of hydrogen-bond acceptors (Lipinski definition) is 3. The first-order valence-corrected chi connectivity index (χ1v) is 3.69. The van der Waals surface area contributed by atoms with Crippen LogP contribution in [0.3, 0.4) is 0 Å². The van der Waals surface area contributed by atoms with Crippen molar-refractivity contribution >= 4 is 6.08 Å². The maximum atomic E-state index is 9.82. The van der Waals surface area contributed by atoms with Crippen molar-refractivity contribution in [2.45, 2.75) is 19.8 Å². The van der Waals surface area contributed by atoms with Gasteiger partial charge in [-0.05, 0) is 12.3 Å². The largest absolute Gasteiger partial charge is 0.286 e. The Labute approximate surface area is 60.7 Å². The highest BCUT2D eigenvalue weighted by atomic mass is 16.1. The van der Waals surface area contributed by atoms with Gasteiger partial charge in [-0.3, -0.25) is 5.01 Å². The normalized spacial score (nSPS) is 24.5. The van der Waals surface area contributed by atoms with Crippen LogP contribution in [-0.2, 0) is 4.79 Å². The summed E-state index contributed by atoms with van der Waals surface area (Å²) in [5.74, 6) is 0.733. The van der Waals surface area contributed by atoms with E-state index in [0.29, 0.717) is 0 Å². The molecule has 0 saturated carbocycles.